The molecule has 0 atom stereocenters. The highest BCUT2D eigenvalue weighted by Crippen LogP contribution is 2.29. The summed E-state index contributed by atoms with van der Waals surface area (Å²) in [7, 11) is 3.27. The second-order valence-electron chi connectivity index (χ2n) is 7.97. The van der Waals surface area contributed by atoms with Crippen molar-refractivity contribution in [1.29, 1.82) is 0 Å². The molecule has 6 nitrogen and oxygen atoms in total. The fraction of sp³-hybridized carbons (Fsp3) is 0.308. The summed E-state index contributed by atoms with van der Waals surface area (Å²) in [6.07, 6.45) is 5.52. The molecular formula is C26H29N3O3. The minimum absolute atomic E-state index is 0.00776. The minimum Gasteiger partial charge on any atom is -0.497 e. The predicted molar refractivity (Wildman–Crippen MR) is 125 cm³/mol. The van der Waals surface area contributed by atoms with Gasteiger partial charge in [-0.2, -0.15) is 0 Å². The molecule has 0 spiro atoms. The molecule has 1 saturated heterocycles. The molecule has 2 aromatic carbocycles. The average Bonchev–Trinajstić information content (AvgIpc) is 2.86. The van der Waals surface area contributed by atoms with Gasteiger partial charge in [-0.3, -0.25) is 14.7 Å². The van der Waals surface area contributed by atoms with Crippen molar-refractivity contribution in [3.8, 4) is 11.5 Å². The van der Waals surface area contributed by atoms with E-state index in [1.807, 2.05) is 65.7 Å². The Bertz CT molecular complexity index is 1020. The predicted octanol–water partition coefficient (Wildman–Crippen LogP) is 4.41. The van der Waals surface area contributed by atoms with Crippen LogP contribution in [0.3, 0.4) is 0 Å². The molecule has 0 aliphatic carbocycles. The Balaban J connectivity index is 1.54. The normalized spacial score (nSPS) is 14.7. The zero-order valence-corrected chi connectivity index (χ0v) is 18.6. The number of anilines is 1. The third-order valence-corrected chi connectivity index (χ3v) is 5.94. The third kappa shape index (κ3) is 5.08. The van der Waals surface area contributed by atoms with Crippen LogP contribution in [0.2, 0.25) is 0 Å². The number of piperidine rings is 1. The van der Waals surface area contributed by atoms with Crippen molar-refractivity contribution in [1.82, 2.24) is 9.88 Å². The summed E-state index contributed by atoms with van der Waals surface area (Å²) in [5.74, 6) is 1.47. The van der Waals surface area contributed by atoms with Crippen LogP contribution in [-0.2, 0) is 6.54 Å². The van der Waals surface area contributed by atoms with E-state index in [9.17, 15) is 4.79 Å². The van der Waals surface area contributed by atoms with E-state index in [1.165, 1.54) is 5.56 Å². The molecule has 1 aromatic heterocycles. The van der Waals surface area contributed by atoms with E-state index in [4.69, 9.17) is 9.47 Å². The Labute approximate surface area is 189 Å². The van der Waals surface area contributed by atoms with Crippen LogP contribution in [0.5, 0.6) is 11.5 Å². The first-order chi connectivity index (χ1) is 15.7. The Kier molecular flexibility index (Phi) is 7.02. The molecule has 166 valence electrons. The molecular weight excluding hydrogens is 402 g/mol. The zero-order valence-electron chi connectivity index (χ0n) is 18.6. The summed E-state index contributed by atoms with van der Waals surface area (Å²) >= 11 is 0. The molecule has 0 N–H and O–H groups in total. The van der Waals surface area contributed by atoms with E-state index in [0.29, 0.717) is 5.56 Å². The Morgan fingerprint density at radius 2 is 1.75 bits per heavy atom. The maximum Gasteiger partial charge on any atom is 0.258 e. The second-order valence-corrected chi connectivity index (χ2v) is 7.97. The van der Waals surface area contributed by atoms with Crippen LogP contribution in [0.15, 0.2) is 73.1 Å². The molecule has 1 fully saturated rings. The van der Waals surface area contributed by atoms with Gasteiger partial charge < -0.3 is 14.4 Å². The second kappa shape index (κ2) is 10.3. The van der Waals surface area contributed by atoms with Crippen molar-refractivity contribution in [3.05, 3.63) is 84.2 Å². The first-order valence-corrected chi connectivity index (χ1v) is 10.9. The fourth-order valence-electron chi connectivity index (χ4n) is 4.21. The van der Waals surface area contributed by atoms with Crippen LogP contribution in [0.25, 0.3) is 0 Å². The van der Waals surface area contributed by atoms with Crippen LogP contribution in [-0.4, -0.2) is 49.1 Å². The summed E-state index contributed by atoms with van der Waals surface area (Å²) < 4.78 is 10.7. The van der Waals surface area contributed by atoms with Crippen molar-refractivity contribution in [2.24, 2.45) is 0 Å². The maximum absolute atomic E-state index is 13.6. The number of aromatic nitrogens is 1. The van der Waals surface area contributed by atoms with E-state index in [-0.39, 0.29) is 11.9 Å². The van der Waals surface area contributed by atoms with Gasteiger partial charge in [0.15, 0.2) is 0 Å². The van der Waals surface area contributed by atoms with Gasteiger partial charge in [0.05, 0.1) is 14.2 Å². The summed E-state index contributed by atoms with van der Waals surface area (Å²) in [5.41, 5.74) is 2.71. The molecule has 4 rings (SSSR count). The van der Waals surface area contributed by atoms with E-state index in [2.05, 4.69) is 16.0 Å². The van der Waals surface area contributed by atoms with Crippen LogP contribution >= 0.6 is 0 Å². The fourth-order valence-corrected chi connectivity index (χ4v) is 4.21. The lowest BCUT2D eigenvalue weighted by Crippen LogP contribution is -2.47. The van der Waals surface area contributed by atoms with Gasteiger partial charge in [0.25, 0.3) is 5.91 Å². The number of methoxy groups -OCH3 is 2. The third-order valence-electron chi connectivity index (χ3n) is 5.94. The highest BCUT2D eigenvalue weighted by Gasteiger charge is 2.30. The topological polar surface area (TPSA) is 54.9 Å². The molecule has 0 bridgehead atoms. The largest absolute Gasteiger partial charge is 0.497 e. The average molecular weight is 432 g/mol. The quantitative estimate of drug-likeness (QED) is 0.555. The molecule has 6 heteroatoms. The summed E-state index contributed by atoms with van der Waals surface area (Å²) in [6, 6.07) is 19.2. The van der Waals surface area contributed by atoms with E-state index in [0.717, 1.165) is 49.7 Å². The number of hydrogen-bond donors (Lipinski definition) is 0. The molecule has 0 saturated carbocycles. The number of pyridine rings is 1. The lowest BCUT2D eigenvalue weighted by atomic mass is 10.00. The minimum atomic E-state index is -0.00776. The number of amides is 1. The van der Waals surface area contributed by atoms with Gasteiger partial charge in [-0.25, -0.2) is 0 Å². The number of benzene rings is 2. The molecule has 0 unspecified atom stereocenters. The molecule has 1 aliphatic heterocycles. The van der Waals surface area contributed by atoms with Crippen molar-refractivity contribution in [2.75, 3.05) is 32.2 Å². The summed E-state index contributed by atoms with van der Waals surface area (Å²) in [6.45, 7) is 2.73. The SMILES string of the molecule is COc1ccc(C(=O)N(c2cccc(OC)c2)C2CCN(Cc3cccnc3)CC2)cc1. The molecule has 1 aliphatic rings. The van der Waals surface area contributed by atoms with Crippen LogP contribution in [0.1, 0.15) is 28.8 Å². The first-order valence-electron chi connectivity index (χ1n) is 10.9. The van der Waals surface area contributed by atoms with Gasteiger partial charge in [0.1, 0.15) is 11.5 Å². The van der Waals surface area contributed by atoms with Gasteiger partial charge in [-0.1, -0.05) is 12.1 Å². The molecule has 3 aromatic rings. The van der Waals surface area contributed by atoms with Gasteiger partial charge in [-0.15, -0.1) is 0 Å². The van der Waals surface area contributed by atoms with Crippen LogP contribution < -0.4 is 14.4 Å². The van der Waals surface area contributed by atoms with Crippen molar-refractivity contribution in [3.63, 3.8) is 0 Å². The first kappa shape index (κ1) is 21.8. The smallest absolute Gasteiger partial charge is 0.258 e. The number of ether oxygens (including phenoxy) is 2. The Morgan fingerprint density at radius 1 is 1.00 bits per heavy atom. The number of carbonyl (C=O) groups excluding carboxylic acids is 1. The summed E-state index contributed by atoms with van der Waals surface area (Å²) in [4.78, 5) is 22.2. The van der Waals surface area contributed by atoms with Gasteiger partial charge >= 0.3 is 0 Å². The van der Waals surface area contributed by atoms with Gasteiger partial charge in [0, 0.05) is 55.4 Å². The highest BCUT2D eigenvalue weighted by atomic mass is 16.5. The lowest BCUT2D eigenvalue weighted by Gasteiger charge is -2.38. The molecule has 1 amide bonds. The number of rotatable bonds is 7. The Morgan fingerprint density at radius 3 is 2.41 bits per heavy atom. The number of nitrogens with zero attached hydrogens (tertiary/aromatic N) is 3. The standard InChI is InChI=1S/C26H29N3O3/c1-31-24-10-8-21(9-11-24)26(30)29(23-6-3-7-25(17-23)32-2)22-12-15-28(16-13-22)19-20-5-4-14-27-18-20/h3-11,14,17-18,22H,12-13,15-16,19H2,1-2H3. The number of hydrogen-bond acceptors (Lipinski definition) is 5. The van der Waals surface area contributed by atoms with Gasteiger partial charge in [-0.05, 0) is 60.9 Å². The zero-order chi connectivity index (χ0) is 22.3. The molecule has 0 radical (unpaired) electrons. The van der Waals surface area contributed by atoms with Crippen LogP contribution in [0, 0.1) is 0 Å². The van der Waals surface area contributed by atoms with Crippen molar-refractivity contribution < 1.29 is 14.3 Å². The summed E-state index contributed by atoms with van der Waals surface area (Å²) in [5, 5.41) is 0. The van der Waals surface area contributed by atoms with Crippen LogP contribution in [0.4, 0.5) is 5.69 Å². The van der Waals surface area contributed by atoms with Crippen molar-refractivity contribution >= 4 is 11.6 Å². The van der Waals surface area contributed by atoms with E-state index < -0.39 is 0 Å². The van der Waals surface area contributed by atoms with Gasteiger partial charge in [0.2, 0.25) is 0 Å². The number of likely N-dealkylation sites (tertiary alicyclic amines) is 1. The maximum atomic E-state index is 13.6. The molecule has 32 heavy (non-hydrogen) atoms. The van der Waals surface area contributed by atoms with E-state index >= 15 is 0 Å². The van der Waals surface area contributed by atoms with E-state index in [1.54, 1.807) is 20.4 Å². The molecule has 2 heterocycles. The highest BCUT2D eigenvalue weighted by molar-refractivity contribution is 6.06. The Hall–Kier alpha value is -3.38. The number of carbonyl (C=O) groups is 1. The monoisotopic (exact) mass is 431 g/mol. The lowest BCUT2D eigenvalue weighted by molar-refractivity contribution is 0.0958. The van der Waals surface area contributed by atoms with Crippen molar-refractivity contribution in [2.45, 2.75) is 25.4 Å².